The van der Waals surface area contributed by atoms with Crippen molar-refractivity contribution < 1.29 is 27.9 Å². The number of hydrogen-bond donors (Lipinski definition) is 1. The lowest BCUT2D eigenvalue weighted by Gasteiger charge is -2.37. The molecule has 1 N–H and O–H groups in total. The number of aromatic carboxylic acids is 1. The number of rotatable bonds is 4. The topological polar surface area (TPSA) is 120 Å². The van der Waals surface area contributed by atoms with Gasteiger partial charge in [0, 0.05) is 45.5 Å². The molecule has 2 aliphatic heterocycles. The van der Waals surface area contributed by atoms with E-state index in [0.717, 1.165) is 0 Å². The van der Waals surface area contributed by atoms with Crippen LogP contribution in [0.1, 0.15) is 20.8 Å². The van der Waals surface area contributed by atoms with Gasteiger partial charge in [-0.2, -0.15) is 17.0 Å². The molecule has 142 valence electrons. The Balaban J connectivity index is 1.60. The second-order valence-electron chi connectivity index (χ2n) is 5.95. The normalized spacial score (nSPS) is 20.1. The van der Waals surface area contributed by atoms with Crippen LogP contribution >= 0.6 is 0 Å². The average Bonchev–Trinajstić information content (AvgIpc) is 2.68. The molecule has 26 heavy (non-hydrogen) atoms. The van der Waals surface area contributed by atoms with Crippen LogP contribution in [0.3, 0.4) is 0 Å². The number of aromatic nitrogens is 1. The molecule has 2 saturated heterocycles. The predicted octanol–water partition coefficient (Wildman–Crippen LogP) is -0.885. The van der Waals surface area contributed by atoms with Crippen LogP contribution in [0.4, 0.5) is 0 Å². The lowest BCUT2D eigenvalue weighted by molar-refractivity contribution is 0.0634. The first kappa shape index (κ1) is 18.7. The second-order valence-corrected chi connectivity index (χ2v) is 7.88. The summed E-state index contributed by atoms with van der Waals surface area (Å²) in [6.45, 7) is 2.41. The molecule has 0 bridgehead atoms. The Hall–Kier alpha value is -2.08. The van der Waals surface area contributed by atoms with Crippen molar-refractivity contribution >= 4 is 22.1 Å². The van der Waals surface area contributed by atoms with E-state index in [4.69, 9.17) is 9.84 Å². The smallest absolute Gasteiger partial charge is 0.354 e. The van der Waals surface area contributed by atoms with E-state index in [-0.39, 0.29) is 43.3 Å². The van der Waals surface area contributed by atoms with Gasteiger partial charge in [-0.05, 0) is 12.1 Å². The minimum Gasteiger partial charge on any atom is -0.477 e. The summed E-state index contributed by atoms with van der Waals surface area (Å²) in [4.78, 5) is 28.6. The molecule has 10 nitrogen and oxygen atoms in total. The monoisotopic (exact) mass is 384 g/mol. The molecule has 3 heterocycles. The highest BCUT2D eigenvalue weighted by molar-refractivity contribution is 7.86. The first-order valence-corrected chi connectivity index (χ1v) is 9.61. The van der Waals surface area contributed by atoms with Gasteiger partial charge in [0.05, 0.1) is 18.8 Å². The van der Waals surface area contributed by atoms with E-state index < -0.39 is 16.2 Å². The van der Waals surface area contributed by atoms with Crippen LogP contribution in [-0.2, 0) is 14.9 Å². The van der Waals surface area contributed by atoms with Gasteiger partial charge in [0.25, 0.3) is 16.1 Å². The lowest BCUT2D eigenvalue weighted by Crippen LogP contribution is -2.55. The molecule has 3 rings (SSSR count). The van der Waals surface area contributed by atoms with E-state index in [2.05, 4.69) is 4.98 Å². The number of pyridine rings is 1. The van der Waals surface area contributed by atoms with Gasteiger partial charge < -0.3 is 14.7 Å². The molecule has 0 aromatic carbocycles. The average molecular weight is 384 g/mol. The Bertz CT molecular complexity index is 768. The number of morpholine rings is 1. The summed E-state index contributed by atoms with van der Waals surface area (Å²) in [6, 6.07) is 2.68. The summed E-state index contributed by atoms with van der Waals surface area (Å²) in [7, 11) is -3.54. The largest absolute Gasteiger partial charge is 0.477 e. The van der Waals surface area contributed by atoms with E-state index in [0.29, 0.717) is 26.3 Å². The summed E-state index contributed by atoms with van der Waals surface area (Å²) in [5.74, 6) is -1.45. The Kier molecular flexibility index (Phi) is 5.51. The Labute approximate surface area is 151 Å². The van der Waals surface area contributed by atoms with Gasteiger partial charge in [-0.3, -0.25) is 4.79 Å². The molecule has 2 aliphatic rings. The summed E-state index contributed by atoms with van der Waals surface area (Å²) >= 11 is 0. The number of carboxylic acids is 1. The first-order valence-electron chi connectivity index (χ1n) is 8.21. The third kappa shape index (κ3) is 3.85. The molecule has 0 aliphatic carbocycles. The SMILES string of the molecule is O=C(O)c1ccc(C(=O)N2CCN(S(=O)(=O)N3CCOCC3)CC2)cn1. The maximum Gasteiger partial charge on any atom is 0.354 e. The van der Waals surface area contributed by atoms with Crippen molar-refractivity contribution in [3.05, 3.63) is 29.6 Å². The maximum absolute atomic E-state index is 12.6. The number of carboxylic acid groups (broad SMARTS) is 1. The Morgan fingerprint density at radius 3 is 2.15 bits per heavy atom. The standard InChI is InChI=1S/C15H20N4O6S/c20-14(12-1-2-13(15(21)22)16-11-12)17-3-5-18(6-4-17)26(23,24)19-7-9-25-10-8-19/h1-2,11H,3-10H2,(H,21,22). The fourth-order valence-corrected chi connectivity index (χ4v) is 4.45. The number of ether oxygens (including phenoxy) is 1. The van der Waals surface area contributed by atoms with Gasteiger partial charge >= 0.3 is 5.97 Å². The van der Waals surface area contributed by atoms with Crippen LogP contribution in [0.25, 0.3) is 0 Å². The second kappa shape index (κ2) is 7.66. The summed E-state index contributed by atoms with van der Waals surface area (Å²) in [6.07, 6.45) is 1.22. The predicted molar refractivity (Wildman–Crippen MR) is 90.0 cm³/mol. The van der Waals surface area contributed by atoms with Crippen LogP contribution in [0.15, 0.2) is 18.3 Å². The number of amides is 1. The molecule has 0 spiro atoms. The number of nitrogens with zero attached hydrogens (tertiary/aromatic N) is 4. The quantitative estimate of drug-likeness (QED) is 0.715. The minimum absolute atomic E-state index is 0.136. The van der Waals surface area contributed by atoms with E-state index in [1.54, 1.807) is 4.90 Å². The molecule has 1 aromatic rings. The molecule has 0 unspecified atom stereocenters. The van der Waals surface area contributed by atoms with Gasteiger partial charge in [-0.1, -0.05) is 0 Å². The van der Waals surface area contributed by atoms with E-state index in [9.17, 15) is 18.0 Å². The molecule has 11 heteroatoms. The Morgan fingerprint density at radius 2 is 1.62 bits per heavy atom. The third-order valence-electron chi connectivity index (χ3n) is 4.38. The molecule has 0 atom stereocenters. The fourth-order valence-electron chi connectivity index (χ4n) is 2.89. The molecule has 0 saturated carbocycles. The summed E-state index contributed by atoms with van der Waals surface area (Å²) < 4.78 is 33.2. The zero-order chi connectivity index (χ0) is 18.7. The van der Waals surface area contributed by atoms with Gasteiger partial charge in [0.1, 0.15) is 5.69 Å². The maximum atomic E-state index is 12.6. The van der Waals surface area contributed by atoms with Crippen molar-refractivity contribution in [2.45, 2.75) is 0 Å². The first-order chi connectivity index (χ1) is 12.4. The molecular formula is C15H20N4O6S. The number of carbonyl (C=O) groups is 2. The van der Waals surface area contributed by atoms with Crippen LogP contribution in [0.2, 0.25) is 0 Å². The molecule has 1 aromatic heterocycles. The highest BCUT2D eigenvalue weighted by Gasteiger charge is 2.34. The van der Waals surface area contributed by atoms with Crippen LogP contribution < -0.4 is 0 Å². The molecular weight excluding hydrogens is 364 g/mol. The van der Waals surface area contributed by atoms with Crippen LogP contribution in [0, 0.1) is 0 Å². The van der Waals surface area contributed by atoms with Crippen molar-refractivity contribution in [3.63, 3.8) is 0 Å². The minimum atomic E-state index is -3.54. The van der Waals surface area contributed by atoms with E-state index in [1.807, 2.05) is 0 Å². The lowest BCUT2D eigenvalue weighted by atomic mass is 10.2. The number of hydrogen-bond acceptors (Lipinski definition) is 6. The summed E-state index contributed by atoms with van der Waals surface area (Å²) in [5, 5.41) is 8.84. The number of carbonyl (C=O) groups excluding carboxylic acids is 1. The van der Waals surface area contributed by atoms with Crippen molar-refractivity contribution in [3.8, 4) is 0 Å². The zero-order valence-electron chi connectivity index (χ0n) is 14.1. The highest BCUT2D eigenvalue weighted by Crippen LogP contribution is 2.15. The zero-order valence-corrected chi connectivity index (χ0v) is 14.9. The van der Waals surface area contributed by atoms with E-state index >= 15 is 0 Å². The van der Waals surface area contributed by atoms with Gasteiger partial charge in [-0.25, -0.2) is 9.78 Å². The van der Waals surface area contributed by atoms with E-state index in [1.165, 1.54) is 26.9 Å². The Morgan fingerprint density at radius 1 is 1.00 bits per heavy atom. The third-order valence-corrected chi connectivity index (χ3v) is 6.41. The summed E-state index contributed by atoms with van der Waals surface area (Å²) in [5.41, 5.74) is 0.141. The number of piperazine rings is 1. The van der Waals surface area contributed by atoms with Crippen molar-refractivity contribution in [2.75, 3.05) is 52.5 Å². The van der Waals surface area contributed by atoms with Crippen molar-refractivity contribution in [2.24, 2.45) is 0 Å². The van der Waals surface area contributed by atoms with Gasteiger partial charge in [0.15, 0.2) is 0 Å². The van der Waals surface area contributed by atoms with Gasteiger partial charge in [-0.15, -0.1) is 0 Å². The molecule has 2 fully saturated rings. The van der Waals surface area contributed by atoms with Crippen molar-refractivity contribution in [1.82, 2.24) is 18.5 Å². The van der Waals surface area contributed by atoms with Crippen molar-refractivity contribution in [1.29, 1.82) is 0 Å². The van der Waals surface area contributed by atoms with Crippen LogP contribution in [0.5, 0.6) is 0 Å². The molecule has 0 radical (unpaired) electrons. The fraction of sp³-hybridized carbons (Fsp3) is 0.533. The molecule has 1 amide bonds. The van der Waals surface area contributed by atoms with Gasteiger partial charge in [0.2, 0.25) is 0 Å². The van der Waals surface area contributed by atoms with Crippen LogP contribution in [-0.4, -0.2) is 96.4 Å². The highest BCUT2D eigenvalue weighted by atomic mass is 32.2.